The Morgan fingerprint density at radius 2 is 1.79 bits per heavy atom. The summed E-state index contributed by atoms with van der Waals surface area (Å²) < 4.78 is 17.0. The van der Waals surface area contributed by atoms with E-state index in [2.05, 4.69) is 0 Å². The molecular weight excluding hydrogens is 260 g/mol. The van der Waals surface area contributed by atoms with E-state index in [4.69, 9.17) is 4.74 Å². The molecule has 2 atom stereocenters. The van der Waals surface area contributed by atoms with Crippen LogP contribution in [-0.4, -0.2) is 21.7 Å². The highest BCUT2D eigenvalue weighted by atomic mass is 32.2. The summed E-state index contributed by atoms with van der Waals surface area (Å²) in [5.74, 6) is 0.805. The van der Waals surface area contributed by atoms with Crippen LogP contribution in [0.1, 0.15) is 26.3 Å². The van der Waals surface area contributed by atoms with E-state index in [1.54, 1.807) is 6.92 Å². The average Bonchev–Trinajstić information content (AvgIpc) is 2.36. The zero-order valence-electron chi connectivity index (χ0n) is 11.8. The predicted molar refractivity (Wildman–Crippen MR) is 78.1 cm³/mol. The van der Waals surface area contributed by atoms with Crippen molar-refractivity contribution in [2.24, 2.45) is 11.8 Å². The molecule has 1 aromatic rings. The van der Waals surface area contributed by atoms with Gasteiger partial charge < -0.3 is 4.74 Å². The van der Waals surface area contributed by atoms with Gasteiger partial charge in [0.25, 0.3) is 0 Å². The van der Waals surface area contributed by atoms with Crippen LogP contribution in [0, 0.1) is 11.8 Å². The Morgan fingerprint density at radius 1 is 1.16 bits per heavy atom. The molecule has 0 fully saturated rings. The van der Waals surface area contributed by atoms with E-state index in [1.165, 1.54) is 0 Å². The number of esters is 1. The van der Waals surface area contributed by atoms with Gasteiger partial charge in [0.15, 0.2) is 0 Å². The highest BCUT2D eigenvalue weighted by molar-refractivity contribution is 7.85. The normalized spacial score (nSPS) is 14.1. The zero-order chi connectivity index (χ0) is 14.3. The Hall–Kier alpha value is -1.16. The van der Waals surface area contributed by atoms with Gasteiger partial charge in [0.2, 0.25) is 0 Å². The molecule has 0 spiro atoms. The highest BCUT2D eigenvalue weighted by Gasteiger charge is 2.18. The fourth-order valence-electron chi connectivity index (χ4n) is 1.66. The molecular formula is C15H22O3S. The Morgan fingerprint density at radius 3 is 2.37 bits per heavy atom. The second-order valence-electron chi connectivity index (χ2n) is 5.16. The minimum absolute atomic E-state index is 0.277. The number of rotatable bonds is 7. The third-order valence-electron chi connectivity index (χ3n) is 2.58. The molecule has 0 aromatic heterocycles. The van der Waals surface area contributed by atoms with Crippen molar-refractivity contribution in [1.82, 2.24) is 0 Å². The van der Waals surface area contributed by atoms with Crippen LogP contribution < -0.4 is 0 Å². The average molecular weight is 282 g/mol. The molecule has 1 aromatic carbocycles. The molecule has 4 heteroatoms. The van der Waals surface area contributed by atoms with E-state index in [-0.39, 0.29) is 18.5 Å². The fraction of sp³-hybridized carbons (Fsp3) is 0.533. The molecule has 0 aliphatic rings. The van der Waals surface area contributed by atoms with Crippen molar-refractivity contribution in [3.05, 3.63) is 35.9 Å². The summed E-state index contributed by atoms with van der Waals surface area (Å²) in [6.07, 6.45) is 0. The maximum absolute atomic E-state index is 11.8. The number of hydrogen-bond acceptors (Lipinski definition) is 3. The van der Waals surface area contributed by atoms with Crippen LogP contribution in [0.5, 0.6) is 0 Å². The Bertz CT molecular complexity index is 415. The molecule has 0 N–H and O–H groups in total. The summed E-state index contributed by atoms with van der Waals surface area (Å²) in [6.45, 7) is 6.10. The van der Waals surface area contributed by atoms with Gasteiger partial charge in [-0.1, -0.05) is 51.1 Å². The third kappa shape index (κ3) is 6.53. The lowest BCUT2D eigenvalue weighted by molar-refractivity contribution is -0.148. The minimum Gasteiger partial charge on any atom is -0.461 e. The minimum atomic E-state index is -0.950. The van der Waals surface area contributed by atoms with Gasteiger partial charge in [0.05, 0.1) is 5.92 Å². The molecule has 1 rings (SSSR count). The second kappa shape index (κ2) is 8.10. The van der Waals surface area contributed by atoms with Crippen molar-refractivity contribution in [2.45, 2.75) is 27.4 Å². The van der Waals surface area contributed by atoms with Gasteiger partial charge in [-0.2, -0.15) is 0 Å². The first-order valence-corrected chi connectivity index (χ1v) is 8.03. The monoisotopic (exact) mass is 282 g/mol. The number of hydrogen-bond donors (Lipinski definition) is 0. The van der Waals surface area contributed by atoms with Gasteiger partial charge in [-0.3, -0.25) is 9.00 Å². The molecule has 0 saturated carbocycles. The summed E-state index contributed by atoms with van der Waals surface area (Å²) in [4.78, 5) is 11.8. The van der Waals surface area contributed by atoms with Crippen LogP contribution in [-0.2, 0) is 26.9 Å². The van der Waals surface area contributed by atoms with Gasteiger partial charge in [-0.25, -0.2) is 0 Å². The van der Waals surface area contributed by atoms with Gasteiger partial charge >= 0.3 is 5.97 Å². The van der Waals surface area contributed by atoms with Crippen LogP contribution in [0.25, 0.3) is 0 Å². The fourth-order valence-corrected chi connectivity index (χ4v) is 3.23. The summed E-state index contributed by atoms with van der Waals surface area (Å²) in [6, 6.07) is 9.56. The first-order valence-electron chi connectivity index (χ1n) is 6.54. The maximum atomic E-state index is 11.8. The number of carbonyl (C=O) groups is 1. The standard InChI is InChI=1S/C15H22O3S/c1-12(2)10-19(17)11-13(3)15(16)18-9-14-7-5-4-6-8-14/h4-8,12-13H,9-11H2,1-3H3. The first-order chi connectivity index (χ1) is 8.99. The van der Waals surface area contributed by atoms with E-state index in [0.29, 0.717) is 17.4 Å². The SMILES string of the molecule is CC(C)CS(=O)CC(C)C(=O)OCc1ccccc1. The summed E-state index contributed by atoms with van der Waals surface area (Å²) in [7, 11) is -0.950. The molecule has 0 aliphatic heterocycles. The molecule has 106 valence electrons. The number of benzene rings is 1. The number of ether oxygens (including phenoxy) is 1. The smallest absolute Gasteiger partial charge is 0.309 e. The van der Waals surface area contributed by atoms with E-state index >= 15 is 0 Å². The van der Waals surface area contributed by atoms with Crippen molar-refractivity contribution in [2.75, 3.05) is 11.5 Å². The molecule has 0 bridgehead atoms. The van der Waals surface area contributed by atoms with Crippen LogP contribution in [0.15, 0.2) is 30.3 Å². The highest BCUT2D eigenvalue weighted by Crippen LogP contribution is 2.07. The van der Waals surface area contributed by atoms with Gasteiger partial charge in [0, 0.05) is 22.3 Å². The molecule has 0 heterocycles. The number of carbonyl (C=O) groups excluding carboxylic acids is 1. The topological polar surface area (TPSA) is 43.4 Å². The van der Waals surface area contributed by atoms with Crippen molar-refractivity contribution in [3.8, 4) is 0 Å². The molecule has 0 aliphatic carbocycles. The molecule has 0 radical (unpaired) electrons. The van der Waals surface area contributed by atoms with Crippen molar-refractivity contribution in [3.63, 3.8) is 0 Å². The van der Waals surface area contributed by atoms with E-state index in [0.717, 1.165) is 5.56 Å². The zero-order valence-corrected chi connectivity index (χ0v) is 12.6. The predicted octanol–water partition coefficient (Wildman–Crippen LogP) is 2.77. The van der Waals surface area contributed by atoms with Gasteiger partial charge in [-0.05, 0) is 11.5 Å². The van der Waals surface area contributed by atoms with E-state index in [9.17, 15) is 9.00 Å². The van der Waals surface area contributed by atoms with Crippen LogP contribution in [0.4, 0.5) is 0 Å². The third-order valence-corrected chi connectivity index (χ3v) is 4.49. The molecule has 3 nitrogen and oxygen atoms in total. The molecule has 2 unspecified atom stereocenters. The maximum Gasteiger partial charge on any atom is 0.309 e. The largest absolute Gasteiger partial charge is 0.461 e. The van der Waals surface area contributed by atoms with Crippen LogP contribution >= 0.6 is 0 Å². The lowest BCUT2D eigenvalue weighted by Gasteiger charge is -2.12. The summed E-state index contributed by atoms with van der Waals surface area (Å²) in [5, 5.41) is 0. The lowest BCUT2D eigenvalue weighted by Crippen LogP contribution is -2.22. The van der Waals surface area contributed by atoms with Gasteiger partial charge in [0.1, 0.15) is 6.61 Å². The van der Waals surface area contributed by atoms with Crippen molar-refractivity contribution in [1.29, 1.82) is 0 Å². The lowest BCUT2D eigenvalue weighted by atomic mass is 10.2. The summed E-state index contributed by atoms with van der Waals surface area (Å²) >= 11 is 0. The van der Waals surface area contributed by atoms with E-state index < -0.39 is 10.8 Å². The van der Waals surface area contributed by atoms with Crippen LogP contribution in [0.3, 0.4) is 0 Å². The molecule has 0 amide bonds. The first kappa shape index (κ1) is 15.9. The Labute approximate surface area is 117 Å². The van der Waals surface area contributed by atoms with Crippen molar-refractivity contribution >= 4 is 16.8 Å². The van der Waals surface area contributed by atoms with Gasteiger partial charge in [-0.15, -0.1) is 0 Å². The molecule has 19 heavy (non-hydrogen) atoms. The van der Waals surface area contributed by atoms with Crippen molar-refractivity contribution < 1.29 is 13.7 Å². The summed E-state index contributed by atoms with van der Waals surface area (Å²) in [5.41, 5.74) is 0.964. The Balaban J connectivity index is 2.35. The quantitative estimate of drug-likeness (QED) is 0.722. The Kier molecular flexibility index (Phi) is 6.78. The molecule has 0 saturated heterocycles. The van der Waals surface area contributed by atoms with Crippen LogP contribution in [0.2, 0.25) is 0 Å². The second-order valence-corrected chi connectivity index (χ2v) is 6.71. The van der Waals surface area contributed by atoms with E-state index in [1.807, 2.05) is 44.2 Å².